The standard InChI is InChI=1S/C11H9F4NO3S/c12-7-2-1-6(10(18)19)3-8(7)20-4-9(17)16-5-11(13,14)15/h1-3H,4-5H2,(H,16,17)(H,18,19). The van der Waals surface area contributed by atoms with E-state index in [0.29, 0.717) is 11.8 Å². The average Bonchev–Trinajstić information content (AvgIpc) is 2.34. The van der Waals surface area contributed by atoms with Gasteiger partial charge in [0.05, 0.1) is 11.3 Å². The predicted octanol–water partition coefficient (Wildman–Crippen LogP) is 2.29. The molecule has 0 unspecified atom stereocenters. The molecule has 0 aliphatic rings. The summed E-state index contributed by atoms with van der Waals surface area (Å²) in [4.78, 5) is 21.7. The van der Waals surface area contributed by atoms with Gasteiger partial charge in [-0.1, -0.05) is 0 Å². The molecule has 1 amide bonds. The number of hydrogen-bond donors (Lipinski definition) is 2. The number of carboxylic acid groups (broad SMARTS) is 1. The number of carbonyl (C=O) groups is 2. The van der Waals surface area contributed by atoms with Gasteiger partial charge < -0.3 is 10.4 Å². The van der Waals surface area contributed by atoms with E-state index in [4.69, 9.17) is 5.11 Å². The van der Waals surface area contributed by atoms with Crippen LogP contribution in [0.1, 0.15) is 10.4 Å². The van der Waals surface area contributed by atoms with Crippen molar-refractivity contribution in [3.8, 4) is 0 Å². The molecule has 20 heavy (non-hydrogen) atoms. The molecule has 0 radical (unpaired) electrons. The number of amides is 1. The molecule has 4 nitrogen and oxygen atoms in total. The average molecular weight is 311 g/mol. The van der Waals surface area contributed by atoms with Crippen molar-refractivity contribution in [1.82, 2.24) is 5.32 Å². The summed E-state index contributed by atoms with van der Waals surface area (Å²) in [7, 11) is 0. The van der Waals surface area contributed by atoms with E-state index in [2.05, 4.69) is 0 Å². The van der Waals surface area contributed by atoms with Crippen molar-refractivity contribution in [1.29, 1.82) is 0 Å². The molecule has 0 saturated heterocycles. The molecule has 0 spiro atoms. The van der Waals surface area contributed by atoms with Crippen LogP contribution in [-0.2, 0) is 4.79 Å². The number of aromatic carboxylic acids is 1. The van der Waals surface area contributed by atoms with E-state index in [0.717, 1.165) is 18.2 Å². The van der Waals surface area contributed by atoms with Gasteiger partial charge in [0.25, 0.3) is 0 Å². The summed E-state index contributed by atoms with van der Waals surface area (Å²) in [6.07, 6.45) is -4.52. The fourth-order valence-electron chi connectivity index (χ4n) is 1.14. The summed E-state index contributed by atoms with van der Waals surface area (Å²) >= 11 is 0.620. The number of nitrogens with one attached hydrogen (secondary N) is 1. The maximum atomic E-state index is 13.3. The van der Waals surface area contributed by atoms with E-state index >= 15 is 0 Å². The third-order valence-corrected chi connectivity index (χ3v) is 3.05. The molecule has 0 heterocycles. The Balaban J connectivity index is 2.59. The van der Waals surface area contributed by atoms with E-state index in [1.54, 1.807) is 5.32 Å². The van der Waals surface area contributed by atoms with Crippen molar-refractivity contribution in [2.45, 2.75) is 11.1 Å². The van der Waals surface area contributed by atoms with Crippen LogP contribution in [0.4, 0.5) is 17.6 Å². The number of alkyl halides is 3. The highest BCUT2D eigenvalue weighted by molar-refractivity contribution is 8.00. The van der Waals surface area contributed by atoms with Gasteiger partial charge in [-0.05, 0) is 18.2 Å². The molecule has 0 fully saturated rings. The van der Waals surface area contributed by atoms with Crippen LogP contribution in [0.25, 0.3) is 0 Å². The Labute approximate surface area is 115 Å². The van der Waals surface area contributed by atoms with E-state index < -0.39 is 36.2 Å². The number of carbonyl (C=O) groups excluding carboxylic acids is 1. The van der Waals surface area contributed by atoms with E-state index in [-0.39, 0.29) is 10.5 Å². The molecule has 0 saturated carbocycles. The number of halogens is 4. The number of thioether (sulfide) groups is 1. The fraction of sp³-hybridized carbons (Fsp3) is 0.273. The van der Waals surface area contributed by atoms with Gasteiger partial charge >= 0.3 is 12.1 Å². The highest BCUT2D eigenvalue weighted by Gasteiger charge is 2.27. The van der Waals surface area contributed by atoms with Crippen LogP contribution in [0.15, 0.2) is 23.1 Å². The van der Waals surface area contributed by atoms with Crippen LogP contribution in [0.2, 0.25) is 0 Å². The summed E-state index contributed by atoms with van der Waals surface area (Å²) in [5.74, 6) is -3.39. The van der Waals surface area contributed by atoms with Crippen molar-refractivity contribution in [2.24, 2.45) is 0 Å². The Morgan fingerprint density at radius 3 is 2.50 bits per heavy atom. The van der Waals surface area contributed by atoms with Crippen LogP contribution < -0.4 is 5.32 Å². The first-order valence-electron chi connectivity index (χ1n) is 5.18. The summed E-state index contributed by atoms with van der Waals surface area (Å²) in [5.41, 5.74) is -0.176. The lowest BCUT2D eigenvalue weighted by Crippen LogP contribution is -2.34. The molecule has 1 aromatic rings. The normalized spacial score (nSPS) is 11.2. The lowest BCUT2D eigenvalue weighted by atomic mass is 10.2. The molecule has 1 aromatic carbocycles. The Morgan fingerprint density at radius 2 is 1.95 bits per heavy atom. The molecule has 0 aliphatic heterocycles. The van der Waals surface area contributed by atoms with Crippen LogP contribution in [0, 0.1) is 5.82 Å². The maximum absolute atomic E-state index is 13.3. The molecule has 0 aliphatic carbocycles. The second-order valence-electron chi connectivity index (χ2n) is 3.63. The smallest absolute Gasteiger partial charge is 0.405 e. The summed E-state index contributed by atoms with van der Waals surface area (Å²) in [6.45, 7) is -1.47. The molecule has 0 atom stereocenters. The number of hydrogen-bond acceptors (Lipinski definition) is 3. The van der Waals surface area contributed by atoms with Gasteiger partial charge in [-0.15, -0.1) is 11.8 Å². The Kier molecular flexibility index (Phi) is 5.37. The van der Waals surface area contributed by atoms with E-state index in [9.17, 15) is 27.2 Å². The third-order valence-electron chi connectivity index (χ3n) is 2.02. The molecule has 9 heteroatoms. The molecule has 1 rings (SSSR count). The quantitative estimate of drug-likeness (QED) is 0.647. The first-order chi connectivity index (χ1) is 9.19. The largest absolute Gasteiger partial charge is 0.478 e. The SMILES string of the molecule is O=C(CSc1cc(C(=O)O)ccc1F)NCC(F)(F)F. The van der Waals surface area contributed by atoms with Crippen molar-refractivity contribution in [3.05, 3.63) is 29.6 Å². The van der Waals surface area contributed by atoms with Crippen LogP contribution in [0.3, 0.4) is 0 Å². The predicted molar refractivity (Wildman–Crippen MR) is 63.1 cm³/mol. The minimum atomic E-state index is -4.52. The first-order valence-corrected chi connectivity index (χ1v) is 6.16. The number of benzene rings is 1. The molecule has 0 aromatic heterocycles. The van der Waals surface area contributed by atoms with E-state index in [1.807, 2.05) is 0 Å². The fourth-order valence-corrected chi connectivity index (χ4v) is 1.95. The zero-order valence-electron chi connectivity index (χ0n) is 9.83. The Bertz CT molecular complexity index is 519. The Morgan fingerprint density at radius 1 is 1.30 bits per heavy atom. The van der Waals surface area contributed by atoms with Gasteiger partial charge in [0.15, 0.2) is 0 Å². The zero-order valence-corrected chi connectivity index (χ0v) is 10.6. The van der Waals surface area contributed by atoms with Crippen LogP contribution >= 0.6 is 11.8 Å². The van der Waals surface area contributed by atoms with Gasteiger partial charge in [-0.3, -0.25) is 4.79 Å². The second kappa shape index (κ2) is 6.60. The molecule has 110 valence electrons. The molecule has 2 N–H and O–H groups in total. The second-order valence-corrected chi connectivity index (χ2v) is 4.65. The lowest BCUT2D eigenvalue weighted by Gasteiger charge is -2.08. The first kappa shape index (κ1) is 16.3. The molecular formula is C11H9F4NO3S. The zero-order chi connectivity index (χ0) is 15.3. The van der Waals surface area contributed by atoms with Gasteiger partial charge in [0, 0.05) is 4.90 Å². The van der Waals surface area contributed by atoms with Crippen molar-refractivity contribution < 1.29 is 32.3 Å². The van der Waals surface area contributed by atoms with E-state index in [1.165, 1.54) is 0 Å². The van der Waals surface area contributed by atoms with Crippen molar-refractivity contribution >= 4 is 23.6 Å². The van der Waals surface area contributed by atoms with Crippen molar-refractivity contribution in [2.75, 3.05) is 12.3 Å². The van der Waals surface area contributed by atoms with Gasteiger partial charge in [-0.2, -0.15) is 13.2 Å². The number of carboxylic acids is 1. The van der Waals surface area contributed by atoms with Gasteiger partial charge in [0.1, 0.15) is 12.4 Å². The maximum Gasteiger partial charge on any atom is 0.405 e. The third kappa shape index (κ3) is 5.47. The minimum Gasteiger partial charge on any atom is -0.478 e. The highest BCUT2D eigenvalue weighted by Crippen LogP contribution is 2.23. The number of rotatable bonds is 5. The summed E-state index contributed by atoms with van der Waals surface area (Å²) in [5, 5.41) is 10.3. The lowest BCUT2D eigenvalue weighted by molar-refractivity contribution is -0.136. The Hall–Kier alpha value is -1.77. The highest BCUT2D eigenvalue weighted by atomic mass is 32.2. The van der Waals surface area contributed by atoms with Gasteiger partial charge in [0.2, 0.25) is 5.91 Å². The molecular weight excluding hydrogens is 302 g/mol. The van der Waals surface area contributed by atoms with Gasteiger partial charge in [-0.25, -0.2) is 9.18 Å². The summed E-state index contributed by atoms with van der Waals surface area (Å²) < 4.78 is 48.8. The monoisotopic (exact) mass is 311 g/mol. The minimum absolute atomic E-state index is 0.118. The van der Waals surface area contributed by atoms with Crippen LogP contribution in [0.5, 0.6) is 0 Å². The van der Waals surface area contributed by atoms with Crippen LogP contribution in [-0.4, -0.2) is 35.5 Å². The van der Waals surface area contributed by atoms with Crippen molar-refractivity contribution in [3.63, 3.8) is 0 Å². The molecule has 0 bridgehead atoms. The summed E-state index contributed by atoms with van der Waals surface area (Å²) in [6, 6.07) is 2.98. The topological polar surface area (TPSA) is 66.4 Å².